The van der Waals surface area contributed by atoms with Crippen LogP contribution in [-0.4, -0.2) is 34.4 Å². The van der Waals surface area contributed by atoms with E-state index in [1.807, 2.05) is 0 Å². The van der Waals surface area contributed by atoms with Gasteiger partial charge >= 0.3 is 0 Å². The third-order valence-corrected chi connectivity index (χ3v) is 3.70. The van der Waals surface area contributed by atoms with Gasteiger partial charge in [-0.25, -0.2) is 4.39 Å². The fourth-order valence-corrected chi connectivity index (χ4v) is 2.50. The zero-order chi connectivity index (χ0) is 13.7. The fraction of sp³-hybridized carbons (Fsp3) is 0.643. The molecule has 1 fully saturated rings. The maximum absolute atomic E-state index is 13.0. The van der Waals surface area contributed by atoms with Crippen LogP contribution in [0.15, 0.2) is 18.5 Å². The Balaban J connectivity index is 1.70. The molecule has 3 N–H and O–H groups in total. The van der Waals surface area contributed by atoms with E-state index < -0.39 is 11.9 Å². The Morgan fingerprint density at radius 1 is 1.32 bits per heavy atom. The van der Waals surface area contributed by atoms with E-state index in [1.165, 1.54) is 12.3 Å². The van der Waals surface area contributed by atoms with E-state index in [4.69, 9.17) is 0 Å². The van der Waals surface area contributed by atoms with Crippen LogP contribution in [0.3, 0.4) is 0 Å². The van der Waals surface area contributed by atoms with Gasteiger partial charge in [-0.05, 0) is 44.2 Å². The molecular formula is C14H21FN2O2. The van der Waals surface area contributed by atoms with E-state index in [1.54, 1.807) is 0 Å². The third kappa shape index (κ3) is 4.53. The average molecular weight is 268 g/mol. The number of nitrogens with one attached hydrogen (secondary N) is 1. The lowest BCUT2D eigenvalue weighted by Gasteiger charge is -2.26. The van der Waals surface area contributed by atoms with Crippen molar-refractivity contribution in [2.45, 2.75) is 37.9 Å². The van der Waals surface area contributed by atoms with Crippen molar-refractivity contribution in [3.05, 3.63) is 29.8 Å². The zero-order valence-electron chi connectivity index (χ0n) is 10.9. The first kappa shape index (κ1) is 14.4. The number of aromatic nitrogens is 1. The highest BCUT2D eigenvalue weighted by Gasteiger charge is 2.19. The molecule has 1 aromatic heterocycles. The lowest BCUT2D eigenvalue weighted by atomic mass is 9.87. The van der Waals surface area contributed by atoms with Crippen molar-refractivity contribution in [2.75, 3.05) is 13.1 Å². The molecule has 19 heavy (non-hydrogen) atoms. The molecule has 0 bridgehead atoms. The van der Waals surface area contributed by atoms with Crippen LogP contribution in [0.2, 0.25) is 0 Å². The zero-order valence-corrected chi connectivity index (χ0v) is 10.9. The van der Waals surface area contributed by atoms with Crippen LogP contribution in [0.1, 0.15) is 37.4 Å². The van der Waals surface area contributed by atoms with Crippen LogP contribution in [0.5, 0.6) is 0 Å². The lowest BCUT2D eigenvalue weighted by Crippen LogP contribution is -2.30. The minimum atomic E-state index is -0.739. The summed E-state index contributed by atoms with van der Waals surface area (Å²) >= 11 is 0. The van der Waals surface area contributed by atoms with Crippen molar-refractivity contribution in [1.29, 1.82) is 0 Å². The monoisotopic (exact) mass is 268 g/mol. The second kappa shape index (κ2) is 6.93. The minimum Gasteiger partial charge on any atom is -0.393 e. The van der Waals surface area contributed by atoms with Crippen LogP contribution in [-0.2, 0) is 0 Å². The van der Waals surface area contributed by atoms with E-state index in [0.29, 0.717) is 18.0 Å². The maximum atomic E-state index is 13.0. The van der Waals surface area contributed by atoms with Crippen molar-refractivity contribution in [1.82, 2.24) is 10.3 Å². The molecule has 1 saturated carbocycles. The average Bonchev–Trinajstić information content (AvgIpc) is 2.41. The van der Waals surface area contributed by atoms with Crippen LogP contribution in [0.4, 0.5) is 4.39 Å². The van der Waals surface area contributed by atoms with Crippen LogP contribution in [0, 0.1) is 11.7 Å². The summed E-state index contributed by atoms with van der Waals surface area (Å²) in [6.45, 7) is 1.22. The van der Waals surface area contributed by atoms with Crippen LogP contribution in [0.25, 0.3) is 0 Å². The Hall–Kier alpha value is -1.04. The molecule has 0 saturated heterocycles. The highest BCUT2D eigenvalue weighted by Crippen LogP contribution is 2.23. The number of aliphatic hydroxyl groups is 2. The van der Waals surface area contributed by atoms with Gasteiger partial charge in [-0.3, -0.25) is 4.98 Å². The predicted molar refractivity (Wildman–Crippen MR) is 70.0 cm³/mol. The Kier molecular flexibility index (Phi) is 5.24. The van der Waals surface area contributed by atoms with Crippen molar-refractivity contribution in [3.63, 3.8) is 0 Å². The number of rotatable bonds is 5. The highest BCUT2D eigenvalue weighted by atomic mass is 19.1. The molecule has 1 atom stereocenters. The Morgan fingerprint density at radius 2 is 2.05 bits per heavy atom. The summed E-state index contributed by atoms with van der Waals surface area (Å²) in [4.78, 5) is 3.72. The smallest absolute Gasteiger partial charge is 0.141 e. The van der Waals surface area contributed by atoms with E-state index >= 15 is 0 Å². The molecule has 1 heterocycles. The second-order valence-electron chi connectivity index (χ2n) is 5.29. The predicted octanol–water partition coefficient (Wildman–Crippen LogP) is 1.39. The van der Waals surface area contributed by atoms with Gasteiger partial charge in [-0.1, -0.05) is 0 Å². The Labute approximate surface area is 112 Å². The van der Waals surface area contributed by atoms with Crippen molar-refractivity contribution in [2.24, 2.45) is 5.92 Å². The van der Waals surface area contributed by atoms with Crippen LogP contribution < -0.4 is 5.32 Å². The SMILES string of the molecule is OC1CCC(CNC[C@H](O)c2cncc(F)c2)CC1. The second-order valence-corrected chi connectivity index (χ2v) is 5.29. The number of aliphatic hydroxyl groups excluding tert-OH is 2. The number of hydrogen-bond acceptors (Lipinski definition) is 4. The summed E-state index contributed by atoms with van der Waals surface area (Å²) in [7, 11) is 0. The van der Waals surface area contributed by atoms with Crippen molar-refractivity contribution >= 4 is 0 Å². The van der Waals surface area contributed by atoms with E-state index in [0.717, 1.165) is 38.4 Å². The summed E-state index contributed by atoms with van der Waals surface area (Å²) in [5, 5.41) is 22.5. The molecular weight excluding hydrogens is 247 g/mol. The molecule has 0 radical (unpaired) electrons. The number of nitrogens with zero attached hydrogens (tertiary/aromatic N) is 1. The molecule has 0 unspecified atom stereocenters. The molecule has 4 nitrogen and oxygen atoms in total. The molecule has 0 aromatic carbocycles. The van der Waals surface area contributed by atoms with Gasteiger partial charge in [0.25, 0.3) is 0 Å². The first-order valence-corrected chi connectivity index (χ1v) is 6.82. The minimum absolute atomic E-state index is 0.139. The molecule has 1 aliphatic rings. The molecule has 106 valence electrons. The van der Waals surface area contributed by atoms with Gasteiger partial charge in [0.15, 0.2) is 0 Å². The van der Waals surface area contributed by atoms with Gasteiger partial charge in [0.1, 0.15) is 5.82 Å². The number of halogens is 1. The normalized spacial score (nSPS) is 25.2. The van der Waals surface area contributed by atoms with Gasteiger partial charge in [0, 0.05) is 18.3 Å². The topological polar surface area (TPSA) is 65.4 Å². The van der Waals surface area contributed by atoms with Crippen LogP contribution >= 0.6 is 0 Å². The summed E-state index contributed by atoms with van der Waals surface area (Å²) in [6, 6.07) is 1.30. The molecule has 0 aliphatic heterocycles. The van der Waals surface area contributed by atoms with E-state index in [2.05, 4.69) is 10.3 Å². The summed E-state index contributed by atoms with van der Waals surface area (Å²) < 4.78 is 13.0. The van der Waals surface area contributed by atoms with Crippen molar-refractivity contribution < 1.29 is 14.6 Å². The van der Waals surface area contributed by atoms with Gasteiger partial charge in [0.05, 0.1) is 18.4 Å². The third-order valence-electron chi connectivity index (χ3n) is 3.70. The molecule has 0 amide bonds. The first-order chi connectivity index (χ1) is 9.15. The molecule has 5 heteroatoms. The molecule has 0 spiro atoms. The van der Waals surface area contributed by atoms with E-state index in [9.17, 15) is 14.6 Å². The highest BCUT2D eigenvalue weighted by molar-refractivity contribution is 5.13. The van der Waals surface area contributed by atoms with Gasteiger partial charge in [-0.2, -0.15) is 0 Å². The summed E-state index contributed by atoms with van der Waals surface area (Å²) in [6.07, 6.45) is 5.49. The fourth-order valence-electron chi connectivity index (χ4n) is 2.50. The lowest BCUT2D eigenvalue weighted by molar-refractivity contribution is 0.106. The van der Waals surface area contributed by atoms with Gasteiger partial charge < -0.3 is 15.5 Å². The number of pyridine rings is 1. The largest absolute Gasteiger partial charge is 0.393 e. The quantitative estimate of drug-likeness (QED) is 0.755. The maximum Gasteiger partial charge on any atom is 0.141 e. The summed E-state index contributed by atoms with van der Waals surface area (Å²) in [5.74, 6) is 0.124. The van der Waals surface area contributed by atoms with Crippen molar-refractivity contribution in [3.8, 4) is 0 Å². The van der Waals surface area contributed by atoms with Gasteiger partial charge in [0.2, 0.25) is 0 Å². The Bertz CT molecular complexity index is 395. The summed E-state index contributed by atoms with van der Waals surface area (Å²) in [5.41, 5.74) is 0.492. The Morgan fingerprint density at radius 3 is 2.74 bits per heavy atom. The van der Waals surface area contributed by atoms with Gasteiger partial charge in [-0.15, -0.1) is 0 Å². The standard InChI is InChI=1S/C14H21FN2O2/c15-12-5-11(7-17-8-12)14(19)9-16-6-10-1-3-13(18)4-2-10/h5,7-8,10,13-14,16,18-19H,1-4,6,9H2/t10?,13?,14-/m0/s1. The molecule has 1 aliphatic carbocycles. The number of hydrogen-bond donors (Lipinski definition) is 3. The molecule has 1 aromatic rings. The first-order valence-electron chi connectivity index (χ1n) is 6.82. The molecule has 2 rings (SSSR count). The van der Waals surface area contributed by atoms with E-state index in [-0.39, 0.29) is 6.10 Å².